The Morgan fingerprint density at radius 3 is 2.58 bits per heavy atom. The van der Waals surface area contributed by atoms with E-state index >= 15 is 0 Å². The van der Waals surface area contributed by atoms with Crippen LogP contribution in [0.25, 0.3) is 0 Å². The predicted molar refractivity (Wildman–Crippen MR) is 77.9 cm³/mol. The molecule has 1 fully saturated rings. The Morgan fingerprint density at radius 1 is 1.26 bits per heavy atom. The third-order valence-corrected chi connectivity index (χ3v) is 4.06. The maximum Gasteiger partial charge on any atom is 0.127 e. The fourth-order valence-electron chi connectivity index (χ4n) is 2.73. The summed E-state index contributed by atoms with van der Waals surface area (Å²) in [5.41, 5.74) is 1.25. The number of nitrogens with one attached hydrogen (secondary N) is 1. The van der Waals surface area contributed by atoms with Crippen LogP contribution in [0, 0.1) is 5.92 Å². The highest BCUT2D eigenvalue weighted by molar-refractivity contribution is 5.42. The molecular weight excluding hydrogens is 238 g/mol. The quantitative estimate of drug-likeness (QED) is 0.816. The normalized spacial score (nSPS) is 16.8. The van der Waals surface area contributed by atoms with Gasteiger partial charge in [-0.15, -0.1) is 0 Å². The molecule has 0 spiro atoms. The summed E-state index contributed by atoms with van der Waals surface area (Å²) in [7, 11) is 3.41. The summed E-state index contributed by atoms with van der Waals surface area (Å²) in [5, 5.41) is 3.59. The molecule has 1 aliphatic rings. The minimum Gasteiger partial charge on any atom is -0.497 e. The van der Waals surface area contributed by atoms with Gasteiger partial charge in [0.15, 0.2) is 0 Å². The molecule has 2 rings (SSSR count). The van der Waals surface area contributed by atoms with E-state index in [0.29, 0.717) is 6.04 Å². The van der Waals surface area contributed by atoms with Crippen LogP contribution in [0.5, 0.6) is 11.5 Å². The maximum atomic E-state index is 5.53. The third kappa shape index (κ3) is 3.41. The average Bonchev–Trinajstić information content (AvgIpc) is 2.40. The molecule has 0 heterocycles. The lowest BCUT2D eigenvalue weighted by molar-refractivity contribution is 0.259. The van der Waals surface area contributed by atoms with Gasteiger partial charge in [-0.2, -0.15) is 0 Å². The molecule has 0 saturated heterocycles. The highest BCUT2D eigenvalue weighted by atomic mass is 16.5. The van der Waals surface area contributed by atoms with Crippen molar-refractivity contribution >= 4 is 0 Å². The van der Waals surface area contributed by atoms with E-state index in [9.17, 15) is 0 Å². The zero-order valence-corrected chi connectivity index (χ0v) is 12.2. The fraction of sp³-hybridized carbons (Fsp3) is 0.625. The number of rotatable bonds is 7. The zero-order valence-electron chi connectivity index (χ0n) is 12.2. The first-order chi connectivity index (χ1) is 9.28. The second kappa shape index (κ2) is 6.80. The highest BCUT2D eigenvalue weighted by Crippen LogP contribution is 2.38. The molecule has 0 radical (unpaired) electrons. The molecule has 106 valence electrons. The van der Waals surface area contributed by atoms with Gasteiger partial charge in [0.2, 0.25) is 0 Å². The van der Waals surface area contributed by atoms with E-state index in [1.165, 1.54) is 31.2 Å². The van der Waals surface area contributed by atoms with Gasteiger partial charge < -0.3 is 14.8 Å². The van der Waals surface area contributed by atoms with Crippen molar-refractivity contribution in [2.75, 3.05) is 20.8 Å². The van der Waals surface area contributed by atoms with E-state index in [4.69, 9.17) is 9.47 Å². The minimum atomic E-state index is 0.385. The Hall–Kier alpha value is -1.22. The van der Waals surface area contributed by atoms with Gasteiger partial charge in [0.05, 0.1) is 14.2 Å². The molecule has 0 aliphatic heterocycles. The number of methoxy groups -OCH3 is 2. The first-order valence-corrected chi connectivity index (χ1v) is 7.23. The van der Waals surface area contributed by atoms with Gasteiger partial charge in [-0.25, -0.2) is 0 Å². The Balaban J connectivity index is 2.18. The maximum absolute atomic E-state index is 5.53. The molecule has 1 aromatic carbocycles. The topological polar surface area (TPSA) is 30.5 Å². The molecule has 0 bridgehead atoms. The monoisotopic (exact) mass is 263 g/mol. The highest BCUT2D eigenvalue weighted by Gasteiger charge is 2.24. The summed E-state index contributed by atoms with van der Waals surface area (Å²) in [6.45, 7) is 3.14. The average molecular weight is 263 g/mol. The van der Waals surface area contributed by atoms with Crippen molar-refractivity contribution in [3.8, 4) is 11.5 Å². The summed E-state index contributed by atoms with van der Waals surface area (Å²) < 4.78 is 10.8. The molecule has 3 nitrogen and oxygen atoms in total. The number of hydrogen-bond donors (Lipinski definition) is 1. The number of ether oxygens (including phenoxy) is 2. The van der Waals surface area contributed by atoms with Crippen molar-refractivity contribution in [2.24, 2.45) is 5.92 Å². The van der Waals surface area contributed by atoms with Gasteiger partial charge >= 0.3 is 0 Å². The summed E-state index contributed by atoms with van der Waals surface area (Å²) in [5.74, 6) is 2.64. The molecule has 0 amide bonds. The summed E-state index contributed by atoms with van der Waals surface area (Å²) in [6, 6.07) is 6.50. The van der Waals surface area contributed by atoms with Gasteiger partial charge in [-0.05, 0) is 24.9 Å². The Morgan fingerprint density at radius 2 is 2.05 bits per heavy atom. The van der Waals surface area contributed by atoms with Crippen molar-refractivity contribution < 1.29 is 9.47 Å². The molecule has 1 aliphatic carbocycles. The van der Waals surface area contributed by atoms with Crippen molar-refractivity contribution in [1.29, 1.82) is 0 Å². The van der Waals surface area contributed by atoms with Gasteiger partial charge in [-0.1, -0.05) is 32.3 Å². The minimum absolute atomic E-state index is 0.385. The summed E-state index contributed by atoms with van der Waals surface area (Å²) >= 11 is 0. The van der Waals surface area contributed by atoms with Gasteiger partial charge in [0.25, 0.3) is 0 Å². The lowest BCUT2D eigenvalue weighted by Crippen LogP contribution is -2.26. The smallest absolute Gasteiger partial charge is 0.127 e. The summed E-state index contributed by atoms with van der Waals surface area (Å²) in [6.07, 6.45) is 5.35. The molecule has 1 N–H and O–H groups in total. The summed E-state index contributed by atoms with van der Waals surface area (Å²) in [4.78, 5) is 0. The van der Waals surface area contributed by atoms with Crippen LogP contribution in [0.1, 0.15) is 44.2 Å². The molecule has 1 aromatic rings. The van der Waals surface area contributed by atoms with Crippen LogP contribution in [0.15, 0.2) is 18.2 Å². The van der Waals surface area contributed by atoms with E-state index in [-0.39, 0.29) is 0 Å². The predicted octanol–water partition coefficient (Wildman–Crippen LogP) is 3.54. The van der Waals surface area contributed by atoms with E-state index < -0.39 is 0 Å². The van der Waals surface area contributed by atoms with Crippen molar-refractivity contribution in [1.82, 2.24) is 5.32 Å². The van der Waals surface area contributed by atoms with Crippen LogP contribution in [0.4, 0.5) is 0 Å². The zero-order chi connectivity index (χ0) is 13.7. The molecular formula is C16H25NO2. The molecule has 3 heteroatoms. The second-order valence-corrected chi connectivity index (χ2v) is 5.25. The molecule has 1 unspecified atom stereocenters. The van der Waals surface area contributed by atoms with Gasteiger partial charge in [-0.3, -0.25) is 0 Å². The van der Waals surface area contributed by atoms with Gasteiger partial charge in [0, 0.05) is 17.7 Å². The third-order valence-electron chi connectivity index (χ3n) is 4.06. The first-order valence-electron chi connectivity index (χ1n) is 7.23. The molecule has 1 atom stereocenters. The lowest BCUT2D eigenvalue weighted by Gasteiger charge is -2.31. The van der Waals surface area contributed by atoms with Crippen LogP contribution in [-0.2, 0) is 0 Å². The molecule has 1 saturated carbocycles. The van der Waals surface area contributed by atoms with Crippen LogP contribution < -0.4 is 14.8 Å². The van der Waals surface area contributed by atoms with Crippen molar-refractivity contribution in [2.45, 2.75) is 38.6 Å². The van der Waals surface area contributed by atoms with Crippen LogP contribution in [0.2, 0.25) is 0 Å². The van der Waals surface area contributed by atoms with Crippen molar-refractivity contribution in [3.05, 3.63) is 23.8 Å². The number of benzene rings is 1. The molecule has 19 heavy (non-hydrogen) atoms. The van der Waals surface area contributed by atoms with E-state index in [2.05, 4.69) is 18.3 Å². The van der Waals surface area contributed by atoms with E-state index in [1.807, 2.05) is 12.1 Å². The Labute approximate surface area is 116 Å². The number of hydrogen-bond acceptors (Lipinski definition) is 3. The second-order valence-electron chi connectivity index (χ2n) is 5.25. The van der Waals surface area contributed by atoms with Crippen LogP contribution in [0.3, 0.4) is 0 Å². The van der Waals surface area contributed by atoms with Gasteiger partial charge in [0.1, 0.15) is 11.5 Å². The first kappa shape index (κ1) is 14.2. The Kier molecular flexibility index (Phi) is 5.08. The molecule has 0 aromatic heterocycles. The van der Waals surface area contributed by atoms with Crippen molar-refractivity contribution in [3.63, 3.8) is 0 Å². The van der Waals surface area contributed by atoms with E-state index in [0.717, 1.165) is 24.0 Å². The van der Waals surface area contributed by atoms with E-state index in [1.54, 1.807) is 14.2 Å². The fourth-order valence-corrected chi connectivity index (χ4v) is 2.73. The van der Waals surface area contributed by atoms with Crippen LogP contribution >= 0.6 is 0 Å². The van der Waals surface area contributed by atoms with Crippen LogP contribution in [-0.4, -0.2) is 20.8 Å². The largest absolute Gasteiger partial charge is 0.497 e. The lowest BCUT2D eigenvalue weighted by atomic mass is 9.79. The standard InChI is InChI=1S/C16H25NO2/c1-4-17-15(10-12-6-5-7-12)14-9-8-13(18-2)11-16(14)19-3/h8-9,11-12,15,17H,4-7,10H2,1-3H3. The Bertz CT molecular complexity index is 402. The SMILES string of the molecule is CCNC(CC1CCC1)c1ccc(OC)cc1OC.